The van der Waals surface area contributed by atoms with Crippen molar-refractivity contribution in [2.45, 2.75) is 19.8 Å². The number of benzene rings is 2. The minimum Gasteiger partial charge on any atom is -0.504 e. The van der Waals surface area contributed by atoms with Crippen LogP contribution in [0.4, 0.5) is 0 Å². The topological polar surface area (TPSA) is 80.7 Å². The van der Waals surface area contributed by atoms with Gasteiger partial charge in [-0.1, -0.05) is 31.2 Å². The SMILES string of the molecule is CCCC(=O)COc1ccc2c(c1O)C(=O)c1ccccc1C2=O. The smallest absolute Gasteiger partial charge is 0.198 e. The number of hydrogen-bond donors (Lipinski definition) is 1. The van der Waals surface area contributed by atoms with E-state index in [1.807, 2.05) is 6.92 Å². The Hall–Kier alpha value is -2.95. The zero-order valence-corrected chi connectivity index (χ0v) is 13.2. The summed E-state index contributed by atoms with van der Waals surface area (Å²) in [6, 6.07) is 9.35. The number of rotatable bonds is 5. The number of hydrogen-bond acceptors (Lipinski definition) is 5. The molecular weight excluding hydrogens is 308 g/mol. The molecule has 1 aliphatic rings. The quantitative estimate of drug-likeness (QED) is 0.780. The van der Waals surface area contributed by atoms with Gasteiger partial charge in [0.1, 0.15) is 6.61 Å². The molecule has 0 saturated carbocycles. The van der Waals surface area contributed by atoms with Crippen LogP contribution in [0.1, 0.15) is 51.6 Å². The maximum absolute atomic E-state index is 12.6. The lowest BCUT2D eigenvalue weighted by Crippen LogP contribution is -2.21. The first-order chi connectivity index (χ1) is 11.5. The minimum atomic E-state index is -0.428. The van der Waals surface area contributed by atoms with Crippen LogP contribution in [0.25, 0.3) is 0 Å². The summed E-state index contributed by atoms with van der Waals surface area (Å²) in [5.74, 6) is -1.21. The highest BCUT2D eigenvalue weighted by Gasteiger charge is 2.33. The lowest BCUT2D eigenvalue weighted by Gasteiger charge is -2.19. The van der Waals surface area contributed by atoms with Crippen molar-refractivity contribution in [2.24, 2.45) is 0 Å². The molecule has 0 heterocycles. The maximum Gasteiger partial charge on any atom is 0.198 e. The van der Waals surface area contributed by atoms with Gasteiger partial charge < -0.3 is 9.84 Å². The Balaban J connectivity index is 1.98. The van der Waals surface area contributed by atoms with E-state index in [-0.39, 0.29) is 40.6 Å². The van der Waals surface area contributed by atoms with E-state index in [0.717, 1.165) is 0 Å². The Morgan fingerprint density at radius 1 is 1.00 bits per heavy atom. The van der Waals surface area contributed by atoms with Gasteiger partial charge >= 0.3 is 0 Å². The van der Waals surface area contributed by atoms with E-state index < -0.39 is 11.5 Å². The number of carbonyl (C=O) groups excluding carboxylic acids is 3. The van der Waals surface area contributed by atoms with Gasteiger partial charge in [-0.15, -0.1) is 0 Å². The first-order valence-corrected chi connectivity index (χ1v) is 7.73. The molecular formula is C19H16O5. The van der Waals surface area contributed by atoms with Crippen molar-refractivity contribution in [2.75, 3.05) is 6.61 Å². The zero-order valence-electron chi connectivity index (χ0n) is 13.2. The molecule has 122 valence electrons. The molecule has 0 radical (unpaired) electrons. The highest BCUT2D eigenvalue weighted by molar-refractivity contribution is 6.29. The summed E-state index contributed by atoms with van der Waals surface area (Å²) in [7, 11) is 0. The molecule has 1 N–H and O–H groups in total. The predicted molar refractivity (Wildman–Crippen MR) is 86.8 cm³/mol. The number of fused-ring (bicyclic) bond motifs is 2. The van der Waals surface area contributed by atoms with E-state index in [1.165, 1.54) is 12.1 Å². The third-order valence-corrected chi connectivity index (χ3v) is 3.95. The Labute approximate surface area is 138 Å². The molecule has 2 aromatic rings. The fraction of sp³-hybridized carbons (Fsp3) is 0.211. The summed E-state index contributed by atoms with van der Waals surface area (Å²) < 4.78 is 5.33. The third-order valence-electron chi connectivity index (χ3n) is 3.95. The highest BCUT2D eigenvalue weighted by Crippen LogP contribution is 2.38. The van der Waals surface area contributed by atoms with E-state index in [9.17, 15) is 19.5 Å². The number of phenols is 1. The molecule has 0 fully saturated rings. The van der Waals surface area contributed by atoms with Gasteiger partial charge in [-0.05, 0) is 18.6 Å². The van der Waals surface area contributed by atoms with Crippen LogP contribution >= 0.6 is 0 Å². The van der Waals surface area contributed by atoms with Gasteiger partial charge in [0, 0.05) is 23.1 Å². The second-order valence-electron chi connectivity index (χ2n) is 5.62. The normalized spacial score (nSPS) is 12.5. The Kier molecular flexibility index (Phi) is 4.16. The monoisotopic (exact) mass is 324 g/mol. The van der Waals surface area contributed by atoms with Crippen molar-refractivity contribution in [3.05, 3.63) is 58.7 Å². The molecule has 0 unspecified atom stereocenters. The number of carbonyl (C=O) groups is 3. The molecule has 1 aliphatic carbocycles. The number of aromatic hydroxyl groups is 1. The van der Waals surface area contributed by atoms with Gasteiger partial charge in [0.15, 0.2) is 28.8 Å². The van der Waals surface area contributed by atoms with E-state index in [1.54, 1.807) is 24.3 Å². The van der Waals surface area contributed by atoms with Crippen molar-refractivity contribution in [1.29, 1.82) is 0 Å². The number of phenolic OH excluding ortho intramolecular Hbond substituents is 1. The van der Waals surface area contributed by atoms with Crippen LogP contribution in [-0.4, -0.2) is 29.1 Å². The van der Waals surface area contributed by atoms with E-state index in [2.05, 4.69) is 0 Å². The van der Waals surface area contributed by atoms with Crippen LogP contribution in [0.3, 0.4) is 0 Å². The summed E-state index contributed by atoms with van der Waals surface area (Å²) in [6.07, 6.45) is 1.10. The molecule has 0 saturated heterocycles. The second kappa shape index (κ2) is 6.28. The van der Waals surface area contributed by atoms with Crippen LogP contribution in [0.5, 0.6) is 11.5 Å². The van der Waals surface area contributed by atoms with Crippen LogP contribution < -0.4 is 4.74 Å². The fourth-order valence-corrected chi connectivity index (χ4v) is 2.78. The predicted octanol–water partition coefficient (Wildman–Crippen LogP) is 2.92. The molecule has 2 aromatic carbocycles. The largest absolute Gasteiger partial charge is 0.504 e. The lowest BCUT2D eigenvalue weighted by atomic mass is 9.83. The molecule has 3 rings (SSSR count). The second-order valence-corrected chi connectivity index (χ2v) is 5.62. The average Bonchev–Trinajstić information content (AvgIpc) is 2.59. The van der Waals surface area contributed by atoms with Gasteiger partial charge in [0.05, 0.1) is 5.56 Å². The van der Waals surface area contributed by atoms with Crippen molar-refractivity contribution in [3.63, 3.8) is 0 Å². The number of ether oxygens (including phenoxy) is 1. The van der Waals surface area contributed by atoms with Gasteiger partial charge in [-0.3, -0.25) is 14.4 Å². The number of Topliss-reactive ketones (excluding diaryl/α,β-unsaturated/α-hetero) is 1. The molecule has 0 amide bonds. The van der Waals surface area contributed by atoms with Crippen molar-refractivity contribution in [3.8, 4) is 11.5 Å². The van der Waals surface area contributed by atoms with Crippen LogP contribution in [0.2, 0.25) is 0 Å². The third kappa shape index (κ3) is 2.58. The van der Waals surface area contributed by atoms with Crippen molar-refractivity contribution < 1.29 is 24.2 Å². The van der Waals surface area contributed by atoms with Gasteiger partial charge in [-0.25, -0.2) is 0 Å². The van der Waals surface area contributed by atoms with E-state index >= 15 is 0 Å². The van der Waals surface area contributed by atoms with Crippen LogP contribution in [0, 0.1) is 0 Å². The van der Waals surface area contributed by atoms with Gasteiger partial charge in [-0.2, -0.15) is 0 Å². The van der Waals surface area contributed by atoms with Crippen LogP contribution in [-0.2, 0) is 4.79 Å². The van der Waals surface area contributed by atoms with Crippen molar-refractivity contribution in [1.82, 2.24) is 0 Å². The van der Waals surface area contributed by atoms with E-state index in [0.29, 0.717) is 18.4 Å². The molecule has 0 bridgehead atoms. The first kappa shape index (κ1) is 15.9. The molecule has 5 nitrogen and oxygen atoms in total. The maximum atomic E-state index is 12.6. The number of ketones is 3. The Morgan fingerprint density at radius 3 is 2.33 bits per heavy atom. The van der Waals surface area contributed by atoms with Gasteiger partial charge in [0.2, 0.25) is 0 Å². The molecule has 5 heteroatoms. The first-order valence-electron chi connectivity index (χ1n) is 7.73. The zero-order chi connectivity index (χ0) is 17.3. The highest BCUT2D eigenvalue weighted by atomic mass is 16.5. The lowest BCUT2D eigenvalue weighted by molar-refractivity contribution is -0.121. The average molecular weight is 324 g/mol. The molecule has 0 aromatic heterocycles. The molecule has 0 aliphatic heterocycles. The van der Waals surface area contributed by atoms with Crippen LogP contribution in [0.15, 0.2) is 36.4 Å². The molecule has 24 heavy (non-hydrogen) atoms. The van der Waals surface area contributed by atoms with Crippen molar-refractivity contribution >= 4 is 17.3 Å². The molecule has 0 spiro atoms. The van der Waals surface area contributed by atoms with Gasteiger partial charge in [0.25, 0.3) is 0 Å². The summed E-state index contributed by atoms with van der Waals surface area (Å²) in [6.45, 7) is 1.70. The Bertz CT molecular complexity index is 851. The summed E-state index contributed by atoms with van der Waals surface area (Å²) >= 11 is 0. The Morgan fingerprint density at radius 2 is 1.67 bits per heavy atom. The minimum absolute atomic E-state index is 0.0266. The standard InChI is InChI=1S/C19H16O5/c1-2-5-11(20)10-24-15-9-8-14-16(19(15)23)18(22)13-7-4-3-6-12(13)17(14)21/h3-4,6-9,23H,2,5,10H2,1H3. The summed E-state index contributed by atoms with van der Waals surface area (Å²) in [5.41, 5.74) is 0.647. The summed E-state index contributed by atoms with van der Waals surface area (Å²) in [5, 5.41) is 10.4. The summed E-state index contributed by atoms with van der Waals surface area (Å²) in [4.78, 5) is 36.7. The van der Waals surface area contributed by atoms with E-state index in [4.69, 9.17) is 4.74 Å². The molecule has 0 atom stereocenters. The fourth-order valence-electron chi connectivity index (χ4n) is 2.78.